The van der Waals surface area contributed by atoms with Crippen LogP contribution in [0.4, 0.5) is 0 Å². The molecule has 2 heterocycles. The molecule has 0 N–H and O–H groups in total. The summed E-state index contributed by atoms with van der Waals surface area (Å²) in [6, 6.07) is 7.89. The third-order valence-electron chi connectivity index (χ3n) is 4.13. The van der Waals surface area contributed by atoms with Crippen LogP contribution in [0.15, 0.2) is 35.4 Å². The molecule has 0 aromatic heterocycles. The predicted octanol–water partition coefficient (Wildman–Crippen LogP) is 0.321. The van der Waals surface area contributed by atoms with Crippen LogP contribution in [0.5, 0.6) is 0 Å². The number of nitrogens with zero attached hydrogens (tertiary/aromatic N) is 3. The molecule has 1 aromatic carbocycles. The van der Waals surface area contributed by atoms with Gasteiger partial charge in [-0.25, -0.2) is 9.80 Å². The van der Waals surface area contributed by atoms with Gasteiger partial charge in [-0.2, -0.15) is 5.10 Å². The SMILES string of the molecule is CCOC(=O)C1=NN(C(C)=O)C2C(=O)N(Cc3ccccc3)C(=O)C12. The summed E-state index contributed by atoms with van der Waals surface area (Å²) in [5.74, 6) is -3.51. The molecule has 0 radical (unpaired) electrons. The lowest BCUT2D eigenvalue weighted by atomic mass is 9.98. The number of amides is 3. The summed E-state index contributed by atoms with van der Waals surface area (Å²) in [6.45, 7) is 3.03. The Kier molecular flexibility index (Phi) is 4.35. The number of ether oxygens (including phenoxy) is 1. The number of esters is 1. The quantitative estimate of drug-likeness (QED) is 0.579. The van der Waals surface area contributed by atoms with Crippen molar-refractivity contribution < 1.29 is 23.9 Å². The second kappa shape index (κ2) is 6.46. The van der Waals surface area contributed by atoms with E-state index in [4.69, 9.17) is 4.74 Å². The molecule has 2 aliphatic heterocycles. The minimum Gasteiger partial charge on any atom is -0.461 e. The van der Waals surface area contributed by atoms with E-state index >= 15 is 0 Å². The number of hydrogen-bond donors (Lipinski definition) is 0. The fraction of sp³-hybridized carbons (Fsp3) is 0.353. The number of hydrogen-bond acceptors (Lipinski definition) is 6. The fourth-order valence-corrected chi connectivity index (χ4v) is 3.03. The summed E-state index contributed by atoms with van der Waals surface area (Å²) >= 11 is 0. The van der Waals surface area contributed by atoms with Crippen LogP contribution in [0.25, 0.3) is 0 Å². The van der Waals surface area contributed by atoms with Crippen LogP contribution in [0.3, 0.4) is 0 Å². The van der Waals surface area contributed by atoms with E-state index in [1.165, 1.54) is 6.92 Å². The second-order valence-electron chi connectivity index (χ2n) is 5.74. The Hall–Kier alpha value is -3.03. The molecule has 3 rings (SSSR count). The van der Waals surface area contributed by atoms with Crippen molar-refractivity contribution in [3.8, 4) is 0 Å². The lowest BCUT2D eigenvalue weighted by molar-refractivity contribution is -0.144. The van der Waals surface area contributed by atoms with E-state index in [-0.39, 0.29) is 18.9 Å². The zero-order valence-corrected chi connectivity index (χ0v) is 13.8. The van der Waals surface area contributed by atoms with E-state index in [1.54, 1.807) is 31.2 Å². The summed E-state index contributed by atoms with van der Waals surface area (Å²) in [5.41, 5.74) is 0.573. The van der Waals surface area contributed by atoms with Crippen LogP contribution < -0.4 is 0 Å². The van der Waals surface area contributed by atoms with Gasteiger partial charge in [-0.1, -0.05) is 30.3 Å². The highest BCUT2D eigenvalue weighted by atomic mass is 16.5. The third kappa shape index (κ3) is 2.79. The molecule has 1 saturated heterocycles. The highest BCUT2D eigenvalue weighted by Gasteiger charge is 2.59. The summed E-state index contributed by atoms with van der Waals surface area (Å²) in [6.07, 6.45) is 0. The minimum absolute atomic E-state index is 0.0767. The molecule has 25 heavy (non-hydrogen) atoms. The highest BCUT2D eigenvalue weighted by molar-refractivity contribution is 6.44. The summed E-state index contributed by atoms with van der Waals surface area (Å²) < 4.78 is 4.91. The van der Waals surface area contributed by atoms with Gasteiger partial charge in [0.2, 0.25) is 11.8 Å². The van der Waals surface area contributed by atoms with Crippen molar-refractivity contribution in [3.05, 3.63) is 35.9 Å². The Bertz CT molecular complexity index is 774. The van der Waals surface area contributed by atoms with Crippen LogP contribution in [-0.4, -0.2) is 52.0 Å². The monoisotopic (exact) mass is 343 g/mol. The first kappa shape index (κ1) is 16.8. The topological polar surface area (TPSA) is 96.3 Å². The molecule has 0 spiro atoms. The van der Waals surface area contributed by atoms with Crippen molar-refractivity contribution in [1.82, 2.24) is 9.91 Å². The van der Waals surface area contributed by atoms with E-state index in [0.29, 0.717) is 0 Å². The lowest BCUT2D eigenvalue weighted by Crippen LogP contribution is -2.41. The molecule has 8 heteroatoms. The van der Waals surface area contributed by atoms with Gasteiger partial charge in [0.25, 0.3) is 5.91 Å². The van der Waals surface area contributed by atoms with Crippen LogP contribution in [-0.2, 0) is 30.5 Å². The van der Waals surface area contributed by atoms with E-state index < -0.39 is 35.7 Å². The Morgan fingerprint density at radius 1 is 1.16 bits per heavy atom. The first-order valence-corrected chi connectivity index (χ1v) is 7.90. The Balaban J connectivity index is 1.93. The van der Waals surface area contributed by atoms with Gasteiger partial charge >= 0.3 is 5.97 Å². The number of benzene rings is 1. The van der Waals surface area contributed by atoms with Gasteiger partial charge in [-0.05, 0) is 12.5 Å². The molecule has 2 atom stereocenters. The lowest BCUT2D eigenvalue weighted by Gasteiger charge is -2.19. The van der Waals surface area contributed by atoms with Gasteiger partial charge in [-0.3, -0.25) is 19.3 Å². The molecule has 0 aliphatic carbocycles. The largest absolute Gasteiger partial charge is 0.461 e. The molecule has 0 saturated carbocycles. The zero-order chi connectivity index (χ0) is 18.1. The van der Waals surface area contributed by atoms with Gasteiger partial charge in [-0.15, -0.1) is 0 Å². The normalized spacial score (nSPS) is 22.1. The van der Waals surface area contributed by atoms with Gasteiger partial charge in [0.15, 0.2) is 11.8 Å². The second-order valence-corrected chi connectivity index (χ2v) is 5.74. The van der Waals surface area contributed by atoms with Crippen molar-refractivity contribution in [2.45, 2.75) is 26.4 Å². The maximum Gasteiger partial charge on any atom is 0.355 e. The number of hydrazone groups is 1. The zero-order valence-electron chi connectivity index (χ0n) is 13.8. The Morgan fingerprint density at radius 2 is 1.84 bits per heavy atom. The van der Waals surface area contributed by atoms with Crippen LogP contribution in [0, 0.1) is 5.92 Å². The minimum atomic E-state index is -1.12. The first-order valence-electron chi connectivity index (χ1n) is 7.90. The molecule has 8 nitrogen and oxygen atoms in total. The van der Waals surface area contributed by atoms with Crippen molar-refractivity contribution in [2.75, 3.05) is 6.61 Å². The molecule has 0 bridgehead atoms. The third-order valence-corrected chi connectivity index (χ3v) is 4.13. The van der Waals surface area contributed by atoms with Gasteiger partial charge in [0.05, 0.1) is 13.2 Å². The predicted molar refractivity (Wildman–Crippen MR) is 85.9 cm³/mol. The molecule has 3 amide bonds. The van der Waals surface area contributed by atoms with E-state index in [1.807, 2.05) is 6.07 Å². The van der Waals surface area contributed by atoms with Gasteiger partial charge in [0.1, 0.15) is 5.92 Å². The molecular formula is C17H17N3O5. The van der Waals surface area contributed by atoms with Crippen molar-refractivity contribution in [1.29, 1.82) is 0 Å². The van der Waals surface area contributed by atoms with Gasteiger partial charge in [0, 0.05) is 6.92 Å². The summed E-state index contributed by atoms with van der Waals surface area (Å²) in [4.78, 5) is 50.5. The average molecular weight is 343 g/mol. The summed E-state index contributed by atoms with van der Waals surface area (Å²) in [5, 5.41) is 4.80. The number of fused-ring (bicyclic) bond motifs is 1. The first-order chi connectivity index (χ1) is 12.0. The molecular weight excluding hydrogens is 326 g/mol. The number of carbonyl (C=O) groups excluding carboxylic acids is 4. The van der Waals surface area contributed by atoms with E-state index in [0.717, 1.165) is 15.5 Å². The standard InChI is InChI=1S/C17H17N3O5/c1-3-25-17(24)13-12-14(20(18-13)10(2)21)16(23)19(15(12)22)9-11-7-5-4-6-8-11/h4-8,12,14H,3,9H2,1-2H3. The van der Waals surface area contributed by atoms with Crippen molar-refractivity contribution >= 4 is 29.4 Å². The number of imide groups is 1. The molecule has 1 fully saturated rings. The van der Waals surface area contributed by atoms with Crippen LogP contribution in [0.1, 0.15) is 19.4 Å². The Morgan fingerprint density at radius 3 is 2.44 bits per heavy atom. The van der Waals surface area contributed by atoms with Gasteiger partial charge < -0.3 is 4.74 Å². The fourth-order valence-electron chi connectivity index (χ4n) is 3.03. The summed E-state index contributed by atoms with van der Waals surface area (Å²) in [7, 11) is 0. The van der Waals surface area contributed by atoms with Crippen LogP contribution >= 0.6 is 0 Å². The maximum absolute atomic E-state index is 12.8. The van der Waals surface area contributed by atoms with Crippen molar-refractivity contribution in [3.63, 3.8) is 0 Å². The van der Waals surface area contributed by atoms with E-state index in [9.17, 15) is 19.2 Å². The molecule has 130 valence electrons. The number of likely N-dealkylation sites (tertiary alicyclic amines) is 1. The molecule has 2 unspecified atom stereocenters. The molecule has 1 aromatic rings. The van der Waals surface area contributed by atoms with Crippen LogP contribution in [0.2, 0.25) is 0 Å². The van der Waals surface area contributed by atoms with E-state index in [2.05, 4.69) is 5.10 Å². The molecule has 2 aliphatic rings. The van der Waals surface area contributed by atoms with Crippen molar-refractivity contribution in [2.24, 2.45) is 11.0 Å². The average Bonchev–Trinajstić information content (AvgIpc) is 3.09. The smallest absolute Gasteiger partial charge is 0.355 e. The Labute approximate surface area is 144 Å². The number of rotatable bonds is 4. The highest BCUT2D eigenvalue weighted by Crippen LogP contribution is 2.33. The number of carbonyl (C=O) groups is 4. The maximum atomic E-state index is 12.8.